The number of aromatic amines is 5. The number of nitrogens with zero attached hydrogens (tertiary/aromatic N) is 12. The quantitative estimate of drug-likeness (QED) is 0.0253. The molecular formula is C72H81N27O6S5. The van der Waals surface area contributed by atoms with E-state index in [1.165, 1.54) is 0 Å². The monoisotopic (exact) mass is 1580 g/mol. The van der Waals surface area contributed by atoms with Gasteiger partial charge >= 0.3 is 0 Å². The van der Waals surface area contributed by atoms with Gasteiger partial charge in [-0.2, -0.15) is 25.5 Å². The molecule has 2 aliphatic rings. The third-order valence-electron chi connectivity index (χ3n) is 17.4. The number of H-pyrrole nitrogens is 5. The largest absolute Gasteiger partial charge is 0.396 e. The molecule has 0 spiro atoms. The van der Waals surface area contributed by atoms with Crippen LogP contribution in [0.5, 0.6) is 0 Å². The number of nitrogen functional groups attached to an aromatic ring is 5. The summed E-state index contributed by atoms with van der Waals surface area (Å²) in [5.74, 6) is 2.44. The number of fused-ring (bicyclic) bond motifs is 5. The number of likely N-dealkylation sites (N-methyl/N-ethyl adjacent to an activating group) is 1. The van der Waals surface area contributed by atoms with Gasteiger partial charge in [0, 0.05) is 139 Å². The first-order chi connectivity index (χ1) is 53.5. The molecule has 1 aliphatic carbocycles. The molecule has 1 saturated heterocycles. The van der Waals surface area contributed by atoms with Crippen molar-refractivity contribution in [2.24, 2.45) is 5.92 Å². The number of anilines is 10. The Labute approximate surface area is 648 Å². The fourth-order valence-electron chi connectivity index (χ4n) is 11.6. The number of aliphatic hydroxyl groups excluding tert-OH is 3. The standard InChI is InChI=1S/C16H18N6OS.C15H16N6OS.C14H17N5O2S.C14H15N5OS.C13H15N5OS/c17-14-9-11(18-5-7-22-6-1-2-15(22)23)16-12(20-14)8-13(24-16)10-3-4-19-21-10;16-13-6-10(17-7-14(22)19-8-1-2-8)15-11(20-13)5-12(23-15)9-3-4-18-21-9;15-13-4-10(16-5-8(6-20)7-21)14-11(18-13)3-12(22-14)9-1-2-17-19-9;1-2-8(20)7-16-10-6-13(15)18-11-5-12(21-14(10)11)9-3-4-17-19-9;1-18(4-5-19)10-7-12(14)16-9-6-11(20-13(9)10)8-2-3-15-17-8/h3-4,8-9H,1-2,5-7H2,(H,19,21)(H3,17,18,20);3-6,8H,1-2,7H2,(H,18,21)(H,19,22)(H3,16,17,20);1-4,8,20-21H,5-7H2,(H,17,19)(H3,15,16,18);3-6H,2,7H2,1H3,(H,17,19)(H3,15,16,18);2-3,6-7,19H,4-5H2,1H3,(H2,14,16)(H,15,17). The second-order valence-electron chi connectivity index (χ2n) is 25.5. The Morgan fingerprint density at radius 2 is 0.900 bits per heavy atom. The van der Waals surface area contributed by atoms with E-state index in [9.17, 15) is 14.4 Å². The molecule has 570 valence electrons. The normalized spacial score (nSPS) is 12.5. The summed E-state index contributed by atoms with van der Waals surface area (Å²) in [6.45, 7) is 5.60. The Morgan fingerprint density at radius 1 is 0.527 bits per heavy atom. The van der Waals surface area contributed by atoms with E-state index >= 15 is 0 Å². The fraction of sp³-hybridized carbons (Fsp3) is 0.264. The Morgan fingerprint density at radius 3 is 1.25 bits per heavy atom. The topological polar surface area (TPSA) is 516 Å². The number of nitrogens with one attached hydrogen (secondary N) is 10. The Hall–Kier alpha value is -11.9. The first-order valence-electron chi connectivity index (χ1n) is 35.0. The van der Waals surface area contributed by atoms with Gasteiger partial charge in [-0.3, -0.25) is 39.9 Å². The minimum Gasteiger partial charge on any atom is -0.396 e. The Balaban J connectivity index is 0.000000121. The molecule has 15 aromatic rings. The number of likely N-dealkylation sites (tertiary alicyclic amines) is 1. The highest BCUT2D eigenvalue weighted by atomic mass is 32.1. The van der Waals surface area contributed by atoms with Crippen molar-refractivity contribution in [2.75, 3.05) is 128 Å². The maximum absolute atomic E-state index is 11.8. The van der Waals surface area contributed by atoms with E-state index in [2.05, 4.69) is 102 Å². The van der Waals surface area contributed by atoms with Crippen LogP contribution in [0.2, 0.25) is 0 Å². The van der Waals surface area contributed by atoms with Gasteiger partial charge in [0.05, 0.1) is 152 Å². The van der Waals surface area contributed by atoms with Crippen molar-refractivity contribution < 1.29 is 29.7 Å². The molecule has 110 heavy (non-hydrogen) atoms. The van der Waals surface area contributed by atoms with Gasteiger partial charge in [-0.05, 0) is 79.9 Å². The molecule has 1 aliphatic heterocycles. The molecule has 15 aromatic heterocycles. The number of hydrogen-bond acceptors (Lipinski definition) is 31. The molecule has 2 amide bonds. The molecule has 0 atom stereocenters. The summed E-state index contributed by atoms with van der Waals surface area (Å²) < 4.78 is 5.05. The van der Waals surface area contributed by atoms with Gasteiger partial charge in [0.25, 0.3) is 0 Å². The van der Waals surface area contributed by atoms with E-state index in [4.69, 9.17) is 44.0 Å². The van der Waals surface area contributed by atoms with Crippen LogP contribution in [0.4, 0.5) is 57.5 Å². The van der Waals surface area contributed by atoms with E-state index < -0.39 is 0 Å². The lowest BCUT2D eigenvalue weighted by atomic mass is 10.2. The number of nitrogens with two attached hydrogens (primary N) is 5. The number of carbonyl (C=O) groups excluding carboxylic acids is 3. The molecule has 0 radical (unpaired) electrons. The van der Waals surface area contributed by atoms with Crippen molar-refractivity contribution in [2.45, 2.75) is 45.1 Å². The highest BCUT2D eigenvalue weighted by Crippen LogP contribution is 2.42. The van der Waals surface area contributed by atoms with Gasteiger partial charge < -0.3 is 80.4 Å². The lowest BCUT2D eigenvalue weighted by Crippen LogP contribution is -2.31. The van der Waals surface area contributed by atoms with Crippen molar-refractivity contribution in [3.05, 3.63) is 122 Å². The smallest absolute Gasteiger partial charge is 0.239 e. The van der Waals surface area contributed by atoms with Gasteiger partial charge in [-0.1, -0.05) is 6.92 Å². The molecule has 0 bridgehead atoms. The van der Waals surface area contributed by atoms with Crippen LogP contribution in [-0.2, 0) is 14.4 Å². The lowest BCUT2D eigenvalue weighted by Gasteiger charge is -2.18. The SMILES string of the molecule is CCC(=O)CNc1cc(N)nc2cc(-c3ccn[nH]3)sc12.CN(CCO)c1cc(N)nc2cc(-c3ccn[nH]3)sc12.Nc1cc(NCC(=O)NC2CC2)c2sc(-c3ccn[nH]3)cc2n1.Nc1cc(NCC(CO)CO)c2sc(-c3ccn[nH]3)cc2n1.Nc1cc(NCCN2CCCC2=O)c2sc(-c3ccn[nH]3)cc2n1. The number of amides is 2. The summed E-state index contributed by atoms with van der Waals surface area (Å²) in [4.78, 5) is 66.0. The van der Waals surface area contributed by atoms with Gasteiger partial charge in [0.2, 0.25) is 11.8 Å². The highest BCUT2D eigenvalue weighted by Gasteiger charge is 2.25. The molecular weight excluding hydrogens is 1500 g/mol. The first-order valence-corrected chi connectivity index (χ1v) is 39.1. The summed E-state index contributed by atoms with van der Waals surface area (Å²) >= 11 is 8.02. The van der Waals surface area contributed by atoms with Gasteiger partial charge in [0.1, 0.15) is 29.1 Å². The number of rotatable bonds is 25. The number of aromatic nitrogens is 15. The van der Waals surface area contributed by atoms with Gasteiger partial charge in [0.15, 0.2) is 5.78 Å². The minimum atomic E-state index is -0.212. The summed E-state index contributed by atoms with van der Waals surface area (Å²) in [5.41, 5.74) is 42.7. The van der Waals surface area contributed by atoms with Crippen LogP contribution in [0, 0.1) is 5.92 Å². The predicted molar refractivity (Wildman–Crippen MR) is 442 cm³/mol. The molecule has 23 N–H and O–H groups in total. The number of thiophene rings is 5. The minimum absolute atomic E-state index is 0.00128. The van der Waals surface area contributed by atoms with Crippen molar-refractivity contribution in [3.63, 3.8) is 0 Å². The highest BCUT2D eigenvalue weighted by molar-refractivity contribution is 7.24. The van der Waals surface area contributed by atoms with Crippen LogP contribution < -0.4 is 60.2 Å². The van der Waals surface area contributed by atoms with E-state index in [1.54, 1.807) is 106 Å². The summed E-state index contributed by atoms with van der Waals surface area (Å²) in [5, 5.41) is 77.9. The predicted octanol–water partition coefficient (Wildman–Crippen LogP) is 9.90. The van der Waals surface area contributed by atoms with Crippen molar-refractivity contribution in [1.82, 2.24) is 86.1 Å². The Kier molecular flexibility index (Phi) is 24.6. The van der Waals surface area contributed by atoms with Crippen LogP contribution in [0.1, 0.15) is 39.0 Å². The average molecular weight is 1580 g/mol. The second-order valence-corrected chi connectivity index (χ2v) is 30.8. The molecule has 16 heterocycles. The number of hydrogen-bond donors (Lipinski definition) is 18. The summed E-state index contributed by atoms with van der Waals surface area (Å²) in [6.07, 6.45) is 12.9. The van der Waals surface area contributed by atoms with Crippen LogP contribution in [0.15, 0.2) is 122 Å². The molecule has 33 nitrogen and oxygen atoms in total. The van der Waals surface area contributed by atoms with Crippen LogP contribution in [0.3, 0.4) is 0 Å². The van der Waals surface area contributed by atoms with Crippen LogP contribution in [0.25, 0.3) is 104 Å². The fourth-order valence-corrected chi connectivity index (χ4v) is 17.0. The third-order valence-corrected chi connectivity index (χ3v) is 23.3. The van der Waals surface area contributed by atoms with Crippen molar-refractivity contribution in [1.29, 1.82) is 0 Å². The number of ketones is 1. The molecule has 1 saturated carbocycles. The molecule has 2 fully saturated rings. The molecule has 0 aromatic carbocycles. The van der Waals surface area contributed by atoms with Crippen molar-refractivity contribution in [3.8, 4) is 52.9 Å². The molecule has 17 rings (SSSR count). The van der Waals surface area contributed by atoms with Gasteiger partial charge in [-0.15, -0.1) is 56.7 Å². The number of pyridine rings is 5. The Bertz CT molecular complexity index is 5560. The van der Waals surface area contributed by atoms with E-state index in [0.717, 1.165) is 158 Å². The number of aliphatic hydroxyl groups is 3. The van der Waals surface area contributed by atoms with E-state index in [-0.39, 0.29) is 49.9 Å². The molecule has 38 heteroatoms. The zero-order valence-electron chi connectivity index (χ0n) is 59.7. The maximum atomic E-state index is 11.8. The van der Waals surface area contributed by atoms with Crippen LogP contribution in [-0.4, -0.2) is 192 Å². The lowest BCUT2D eigenvalue weighted by molar-refractivity contribution is -0.127. The number of carbonyl (C=O) groups is 3. The van der Waals surface area contributed by atoms with Crippen molar-refractivity contribution >= 4 is 183 Å². The average Bonchev–Trinajstić information content (AvgIpc) is 1.79. The second kappa shape index (κ2) is 35.4. The van der Waals surface area contributed by atoms with Gasteiger partial charge in [-0.25, -0.2) is 24.9 Å². The maximum Gasteiger partial charge on any atom is 0.239 e. The summed E-state index contributed by atoms with van der Waals surface area (Å²) in [6, 6.07) is 28.8. The summed E-state index contributed by atoms with van der Waals surface area (Å²) in [7, 11) is 1.93. The zero-order chi connectivity index (χ0) is 76.8. The van der Waals surface area contributed by atoms with Crippen LogP contribution >= 0.6 is 56.7 Å². The molecule has 0 unspecified atom stereocenters. The van der Waals surface area contributed by atoms with E-state index in [1.807, 2.05) is 96.6 Å². The zero-order valence-corrected chi connectivity index (χ0v) is 63.8. The first kappa shape index (κ1) is 76.3. The number of Topliss-reactive ketones (excluding diaryl/α,β-unsaturated/α-hetero) is 1. The van der Waals surface area contributed by atoms with E-state index in [0.29, 0.717) is 80.7 Å². The third kappa shape index (κ3) is 19.0.